The van der Waals surface area contributed by atoms with Gasteiger partial charge in [0.15, 0.2) is 0 Å². The van der Waals surface area contributed by atoms with Gasteiger partial charge in [0.2, 0.25) is 5.88 Å². The Bertz CT molecular complexity index is 906. The van der Waals surface area contributed by atoms with E-state index in [9.17, 15) is 18.3 Å². The van der Waals surface area contributed by atoms with Gasteiger partial charge in [-0.1, -0.05) is 18.2 Å². The molecule has 1 N–H and O–H groups in total. The molecule has 120 valence electrons. The Hall–Kier alpha value is -1.84. The Balaban J connectivity index is 2.13. The first-order valence-corrected chi connectivity index (χ1v) is 9.44. The van der Waals surface area contributed by atoms with Gasteiger partial charge < -0.3 is 5.11 Å². The maximum Gasteiger partial charge on any atom is 0.276 e. The van der Waals surface area contributed by atoms with Crippen LogP contribution in [0.25, 0.3) is 5.57 Å². The Kier molecular flexibility index (Phi) is 3.95. The summed E-state index contributed by atoms with van der Waals surface area (Å²) >= 11 is 4.18. The van der Waals surface area contributed by atoms with Crippen molar-refractivity contribution in [2.24, 2.45) is 0 Å². The third-order valence-corrected chi connectivity index (χ3v) is 7.33. The van der Waals surface area contributed by atoms with Crippen LogP contribution < -0.4 is 3.93 Å². The summed E-state index contributed by atoms with van der Waals surface area (Å²) in [5, 5.41) is 11.8. The van der Waals surface area contributed by atoms with Gasteiger partial charge in [0.05, 0.1) is 21.8 Å². The minimum Gasteiger partial charge on any atom is -0.493 e. The number of halogens is 1. The SMILES string of the molecule is CN1C(O)=C(C(=O)N(Br)c2ccccc2)c2ccsc2S1(=O)=O. The van der Waals surface area contributed by atoms with E-state index in [0.29, 0.717) is 9.99 Å². The molecule has 0 aliphatic carbocycles. The summed E-state index contributed by atoms with van der Waals surface area (Å²) in [4.78, 5) is 12.8. The van der Waals surface area contributed by atoms with Gasteiger partial charge in [-0.15, -0.1) is 11.3 Å². The van der Waals surface area contributed by atoms with Crippen LogP contribution in [0.4, 0.5) is 5.69 Å². The highest BCUT2D eigenvalue weighted by atomic mass is 79.9. The van der Waals surface area contributed by atoms with Crippen molar-refractivity contribution < 1.29 is 18.3 Å². The van der Waals surface area contributed by atoms with Gasteiger partial charge in [0.25, 0.3) is 15.9 Å². The van der Waals surface area contributed by atoms with Crippen molar-refractivity contribution in [3.05, 3.63) is 53.2 Å². The van der Waals surface area contributed by atoms with Gasteiger partial charge in [0.1, 0.15) is 9.78 Å². The molecule has 0 unspecified atom stereocenters. The van der Waals surface area contributed by atoms with Crippen LogP contribution in [0.3, 0.4) is 0 Å². The second kappa shape index (κ2) is 5.66. The van der Waals surface area contributed by atoms with E-state index < -0.39 is 21.8 Å². The van der Waals surface area contributed by atoms with Crippen molar-refractivity contribution in [3.8, 4) is 0 Å². The van der Waals surface area contributed by atoms with Crippen LogP contribution in [0.2, 0.25) is 0 Å². The Morgan fingerprint density at radius 3 is 2.57 bits per heavy atom. The molecule has 1 aromatic carbocycles. The van der Waals surface area contributed by atoms with Gasteiger partial charge in [-0.2, -0.15) is 0 Å². The number of hydrogen-bond donors (Lipinski definition) is 1. The summed E-state index contributed by atoms with van der Waals surface area (Å²) < 4.78 is 26.5. The number of fused-ring (bicyclic) bond motifs is 1. The minimum atomic E-state index is -3.83. The molecule has 6 nitrogen and oxygen atoms in total. The van der Waals surface area contributed by atoms with E-state index in [0.717, 1.165) is 11.3 Å². The highest BCUT2D eigenvalue weighted by Gasteiger charge is 2.39. The molecule has 0 fully saturated rings. The first kappa shape index (κ1) is 16.0. The molecule has 1 aliphatic heterocycles. The summed E-state index contributed by atoms with van der Waals surface area (Å²) in [7, 11) is -2.62. The van der Waals surface area contributed by atoms with Gasteiger partial charge in [-0.05, 0) is 23.6 Å². The maximum absolute atomic E-state index is 12.8. The summed E-state index contributed by atoms with van der Waals surface area (Å²) in [6, 6.07) is 10.3. The zero-order chi connectivity index (χ0) is 16.8. The van der Waals surface area contributed by atoms with Crippen LogP contribution >= 0.6 is 27.5 Å². The number of rotatable bonds is 2. The average Bonchev–Trinajstić information content (AvgIpc) is 3.03. The van der Waals surface area contributed by atoms with E-state index in [1.807, 2.05) is 6.07 Å². The summed E-state index contributed by atoms with van der Waals surface area (Å²) in [6.45, 7) is 0. The minimum absolute atomic E-state index is 0.0371. The number of carbonyl (C=O) groups is 1. The van der Waals surface area contributed by atoms with E-state index in [-0.39, 0.29) is 15.3 Å². The monoisotopic (exact) mass is 414 g/mol. The normalized spacial score (nSPS) is 16.2. The molecule has 23 heavy (non-hydrogen) atoms. The lowest BCUT2D eigenvalue weighted by Crippen LogP contribution is -2.34. The number of para-hydroxylation sites is 1. The lowest BCUT2D eigenvalue weighted by molar-refractivity contribution is -0.112. The molecule has 1 amide bonds. The molecule has 0 radical (unpaired) electrons. The lowest BCUT2D eigenvalue weighted by Gasteiger charge is -2.27. The molecule has 1 aromatic heterocycles. The second-order valence-corrected chi connectivity index (χ2v) is 8.50. The predicted molar refractivity (Wildman–Crippen MR) is 91.7 cm³/mol. The average molecular weight is 415 g/mol. The van der Waals surface area contributed by atoms with Crippen molar-refractivity contribution in [1.82, 2.24) is 4.31 Å². The van der Waals surface area contributed by atoms with E-state index in [1.54, 1.807) is 29.6 Å². The molecule has 0 spiro atoms. The number of nitrogens with zero attached hydrogens (tertiary/aromatic N) is 2. The zero-order valence-electron chi connectivity index (χ0n) is 11.8. The summed E-state index contributed by atoms with van der Waals surface area (Å²) in [5.41, 5.74) is 0.695. The number of aliphatic hydroxyl groups excluding tert-OH is 1. The van der Waals surface area contributed by atoms with Gasteiger partial charge in [-0.3, -0.25) is 4.79 Å². The van der Waals surface area contributed by atoms with Crippen molar-refractivity contribution in [2.75, 3.05) is 11.0 Å². The molecule has 1 aliphatic rings. The fourth-order valence-electron chi connectivity index (χ4n) is 2.18. The van der Waals surface area contributed by atoms with Crippen LogP contribution in [0.5, 0.6) is 0 Å². The maximum atomic E-state index is 12.8. The number of amides is 1. The van der Waals surface area contributed by atoms with Crippen molar-refractivity contribution in [1.29, 1.82) is 0 Å². The summed E-state index contributed by atoms with van der Waals surface area (Å²) in [5.74, 6) is -1.16. The molecular weight excluding hydrogens is 404 g/mol. The molecule has 3 rings (SSSR count). The number of aliphatic hydroxyl groups is 1. The first-order chi connectivity index (χ1) is 10.9. The number of thiophene rings is 1. The molecule has 0 saturated carbocycles. The molecular formula is C14H11BrN2O4S2. The highest BCUT2D eigenvalue weighted by molar-refractivity contribution is 9.10. The number of carbonyl (C=O) groups excluding carboxylic acids is 1. The van der Waals surface area contributed by atoms with E-state index in [4.69, 9.17) is 0 Å². The Morgan fingerprint density at radius 1 is 1.26 bits per heavy atom. The topological polar surface area (TPSA) is 77.9 Å². The largest absolute Gasteiger partial charge is 0.493 e. The van der Waals surface area contributed by atoms with Crippen LogP contribution in [-0.2, 0) is 14.8 Å². The fourth-order valence-corrected chi connectivity index (χ4v) is 5.22. The number of benzene rings is 1. The highest BCUT2D eigenvalue weighted by Crippen LogP contribution is 2.40. The number of sulfonamides is 1. The van der Waals surface area contributed by atoms with Crippen molar-refractivity contribution >= 4 is 54.7 Å². The molecule has 0 bridgehead atoms. The Morgan fingerprint density at radius 2 is 1.91 bits per heavy atom. The second-order valence-electron chi connectivity index (χ2n) is 4.71. The van der Waals surface area contributed by atoms with Gasteiger partial charge in [-0.25, -0.2) is 16.6 Å². The van der Waals surface area contributed by atoms with Crippen molar-refractivity contribution in [3.63, 3.8) is 0 Å². The smallest absolute Gasteiger partial charge is 0.276 e. The third-order valence-electron chi connectivity index (χ3n) is 3.39. The number of hydrogen-bond acceptors (Lipinski definition) is 5. The van der Waals surface area contributed by atoms with E-state index in [1.165, 1.54) is 17.0 Å². The molecule has 0 atom stereocenters. The van der Waals surface area contributed by atoms with Crippen LogP contribution in [-0.4, -0.2) is 30.8 Å². The van der Waals surface area contributed by atoms with Gasteiger partial charge in [0, 0.05) is 12.6 Å². The van der Waals surface area contributed by atoms with Crippen LogP contribution in [0, 0.1) is 0 Å². The molecule has 9 heteroatoms. The molecule has 2 aromatic rings. The van der Waals surface area contributed by atoms with Crippen LogP contribution in [0.1, 0.15) is 5.56 Å². The molecule has 2 heterocycles. The van der Waals surface area contributed by atoms with E-state index in [2.05, 4.69) is 16.1 Å². The molecule has 0 saturated heterocycles. The summed E-state index contributed by atoms with van der Waals surface area (Å²) in [6.07, 6.45) is 0. The van der Waals surface area contributed by atoms with Crippen molar-refractivity contribution in [2.45, 2.75) is 4.21 Å². The Labute approximate surface area is 145 Å². The fraction of sp³-hybridized carbons (Fsp3) is 0.0714. The number of anilines is 1. The quantitative estimate of drug-likeness (QED) is 0.766. The standard InChI is InChI=1S/C14H11BrN2O4S2/c1-16-12(18)11(10-7-8-22-14(10)23(16,20)21)13(19)17(15)9-5-3-2-4-6-9/h2-8,18H,1H3. The first-order valence-electron chi connectivity index (χ1n) is 6.41. The predicted octanol–water partition coefficient (Wildman–Crippen LogP) is 2.95. The third kappa shape index (κ3) is 2.44. The van der Waals surface area contributed by atoms with E-state index >= 15 is 0 Å². The lowest BCUT2D eigenvalue weighted by atomic mass is 10.1. The van der Waals surface area contributed by atoms with Gasteiger partial charge >= 0.3 is 0 Å². The zero-order valence-corrected chi connectivity index (χ0v) is 15.0. The van der Waals surface area contributed by atoms with Crippen LogP contribution in [0.15, 0.2) is 51.9 Å².